The quantitative estimate of drug-likeness (QED) is 0.920. The molecule has 1 saturated heterocycles. The van der Waals surface area contributed by atoms with Crippen LogP contribution < -0.4 is 10.5 Å². The first kappa shape index (κ1) is 15.1. The summed E-state index contributed by atoms with van der Waals surface area (Å²) in [6.45, 7) is 0.909. The van der Waals surface area contributed by atoms with Gasteiger partial charge in [-0.2, -0.15) is 0 Å². The maximum absolute atomic E-state index is 14.1. The molecule has 0 unspecified atom stereocenters. The second-order valence-electron chi connectivity index (χ2n) is 5.20. The van der Waals surface area contributed by atoms with Gasteiger partial charge < -0.3 is 19.9 Å². The number of nitrogens with zero attached hydrogens (tertiary/aromatic N) is 2. The van der Waals surface area contributed by atoms with E-state index in [1.54, 1.807) is 12.1 Å². The Morgan fingerprint density at radius 1 is 1.36 bits per heavy atom. The van der Waals surface area contributed by atoms with Crippen LogP contribution >= 0.6 is 0 Å². The Labute approximate surface area is 127 Å². The van der Waals surface area contributed by atoms with Crippen molar-refractivity contribution in [2.24, 2.45) is 5.73 Å². The summed E-state index contributed by atoms with van der Waals surface area (Å²) in [6, 6.07) is 3.36. The van der Waals surface area contributed by atoms with Gasteiger partial charge in [-0.1, -0.05) is 0 Å². The molecule has 0 aliphatic carbocycles. The normalized spacial score (nSPS) is 22.0. The van der Waals surface area contributed by atoms with Crippen molar-refractivity contribution in [3.63, 3.8) is 0 Å². The standard InChI is InChI=1S/C15H18FN3O3/c1-20-13-4-3-12-15(19-13)10(11(16)6-18-12)2-5-14-21-7-9(17)8-22-14/h3-4,6,9,14H,2,5,7-8,17H2,1H3. The van der Waals surface area contributed by atoms with Gasteiger partial charge in [-0.05, 0) is 12.5 Å². The molecule has 22 heavy (non-hydrogen) atoms. The van der Waals surface area contributed by atoms with E-state index in [4.69, 9.17) is 19.9 Å². The van der Waals surface area contributed by atoms with Crippen molar-refractivity contribution in [2.45, 2.75) is 25.2 Å². The molecule has 0 saturated carbocycles. The Hall–Kier alpha value is -1.83. The predicted octanol–water partition coefficient (Wildman–Crippen LogP) is 1.41. The van der Waals surface area contributed by atoms with E-state index in [-0.39, 0.29) is 18.1 Å². The molecule has 1 aliphatic rings. The Kier molecular flexibility index (Phi) is 4.47. The fraction of sp³-hybridized carbons (Fsp3) is 0.467. The maximum Gasteiger partial charge on any atom is 0.213 e. The van der Waals surface area contributed by atoms with Crippen molar-refractivity contribution in [2.75, 3.05) is 20.3 Å². The molecule has 0 spiro atoms. The van der Waals surface area contributed by atoms with Crippen LogP contribution in [0.5, 0.6) is 5.88 Å². The van der Waals surface area contributed by atoms with E-state index in [0.29, 0.717) is 48.5 Å². The van der Waals surface area contributed by atoms with Crippen molar-refractivity contribution < 1.29 is 18.6 Å². The molecular weight excluding hydrogens is 289 g/mol. The summed E-state index contributed by atoms with van der Waals surface area (Å²) < 4.78 is 30.2. The Morgan fingerprint density at radius 3 is 2.86 bits per heavy atom. The van der Waals surface area contributed by atoms with Crippen molar-refractivity contribution >= 4 is 11.0 Å². The fourth-order valence-electron chi connectivity index (χ4n) is 2.42. The highest BCUT2D eigenvalue weighted by Gasteiger charge is 2.21. The molecule has 0 radical (unpaired) electrons. The summed E-state index contributed by atoms with van der Waals surface area (Å²) in [5, 5.41) is 0. The number of hydrogen-bond acceptors (Lipinski definition) is 6. The van der Waals surface area contributed by atoms with E-state index in [1.165, 1.54) is 13.3 Å². The van der Waals surface area contributed by atoms with Crippen LogP contribution in [-0.4, -0.2) is 42.6 Å². The van der Waals surface area contributed by atoms with Crippen molar-refractivity contribution in [1.29, 1.82) is 0 Å². The average molecular weight is 307 g/mol. The highest BCUT2D eigenvalue weighted by Crippen LogP contribution is 2.23. The van der Waals surface area contributed by atoms with Crippen LogP contribution in [0.1, 0.15) is 12.0 Å². The van der Waals surface area contributed by atoms with Crippen molar-refractivity contribution in [3.05, 3.63) is 29.7 Å². The number of hydrogen-bond donors (Lipinski definition) is 1. The zero-order valence-corrected chi connectivity index (χ0v) is 12.3. The molecule has 2 N–H and O–H groups in total. The van der Waals surface area contributed by atoms with Gasteiger partial charge in [-0.25, -0.2) is 9.37 Å². The van der Waals surface area contributed by atoms with E-state index in [0.717, 1.165) is 0 Å². The third-order valence-electron chi connectivity index (χ3n) is 3.57. The number of fused-ring (bicyclic) bond motifs is 1. The van der Waals surface area contributed by atoms with Gasteiger partial charge in [0.1, 0.15) is 5.82 Å². The van der Waals surface area contributed by atoms with E-state index in [1.807, 2.05) is 0 Å². The highest BCUT2D eigenvalue weighted by molar-refractivity contribution is 5.78. The van der Waals surface area contributed by atoms with Crippen LogP contribution in [0.2, 0.25) is 0 Å². The Morgan fingerprint density at radius 2 is 2.14 bits per heavy atom. The molecule has 1 fully saturated rings. The van der Waals surface area contributed by atoms with Crippen molar-refractivity contribution in [3.8, 4) is 5.88 Å². The van der Waals surface area contributed by atoms with Crippen LogP contribution in [0.15, 0.2) is 18.3 Å². The number of nitrogens with two attached hydrogens (primary N) is 1. The number of methoxy groups -OCH3 is 1. The minimum atomic E-state index is -0.388. The smallest absolute Gasteiger partial charge is 0.213 e. The summed E-state index contributed by atoms with van der Waals surface area (Å²) >= 11 is 0. The lowest BCUT2D eigenvalue weighted by molar-refractivity contribution is -0.187. The molecule has 0 amide bonds. The van der Waals surface area contributed by atoms with E-state index < -0.39 is 0 Å². The molecule has 0 aromatic carbocycles. The summed E-state index contributed by atoms with van der Waals surface area (Å²) in [4.78, 5) is 8.35. The molecule has 2 aromatic heterocycles. The molecule has 6 nitrogen and oxygen atoms in total. The van der Waals surface area contributed by atoms with Crippen LogP contribution in [0, 0.1) is 5.82 Å². The minimum absolute atomic E-state index is 0.0966. The molecule has 118 valence electrons. The predicted molar refractivity (Wildman–Crippen MR) is 78.0 cm³/mol. The van der Waals surface area contributed by atoms with Crippen LogP contribution in [0.3, 0.4) is 0 Å². The van der Waals surface area contributed by atoms with Gasteiger partial charge in [0.25, 0.3) is 0 Å². The number of pyridine rings is 2. The van der Waals surface area contributed by atoms with E-state index in [9.17, 15) is 4.39 Å². The number of aromatic nitrogens is 2. The Bertz CT molecular complexity index is 660. The third-order valence-corrected chi connectivity index (χ3v) is 3.57. The number of ether oxygens (including phenoxy) is 3. The summed E-state index contributed by atoms with van der Waals surface area (Å²) in [5.41, 5.74) is 7.32. The maximum atomic E-state index is 14.1. The van der Waals surface area contributed by atoms with Gasteiger partial charge in [0, 0.05) is 18.1 Å². The average Bonchev–Trinajstić information content (AvgIpc) is 2.55. The largest absolute Gasteiger partial charge is 0.481 e. The third kappa shape index (κ3) is 3.16. The van der Waals surface area contributed by atoms with Crippen LogP contribution in [0.4, 0.5) is 4.39 Å². The highest BCUT2D eigenvalue weighted by atomic mass is 19.1. The van der Waals surface area contributed by atoms with Gasteiger partial charge in [0.15, 0.2) is 6.29 Å². The number of rotatable bonds is 4. The lowest BCUT2D eigenvalue weighted by Gasteiger charge is -2.27. The van der Waals surface area contributed by atoms with E-state index in [2.05, 4.69) is 9.97 Å². The van der Waals surface area contributed by atoms with Crippen molar-refractivity contribution in [1.82, 2.24) is 9.97 Å². The molecular formula is C15H18FN3O3. The molecule has 0 atom stereocenters. The molecule has 7 heteroatoms. The number of aryl methyl sites for hydroxylation is 1. The zero-order valence-electron chi connectivity index (χ0n) is 12.3. The fourth-order valence-corrected chi connectivity index (χ4v) is 2.42. The SMILES string of the molecule is COc1ccc2ncc(F)c(CCC3OCC(N)CO3)c2n1. The molecule has 3 heterocycles. The van der Waals surface area contributed by atoms with Gasteiger partial charge in [0.2, 0.25) is 5.88 Å². The molecule has 0 bridgehead atoms. The first-order chi connectivity index (χ1) is 10.7. The minimum Gasteiger partial charge on any atom is -0.481 e. The summed E-state index contributed by atoms with van der Waals surface area (Å²) in [6.07, 6.45) is 1.81. The summed E-state index contributed by atoms with van der Waals surface area (Å²) in [7, 11) is 1.52. The molecule has 1 aliphatic heterocycles. The second-order valence-corrected chi connectivity index (χ2v) is 5.20. The van der Waals surface area contributed by atoms with E-state index >= 15 is 0 Å². The molecule has 2 aromatic rings. The van der Waals surface area contributed by atoms with Gasteiger partial charge in [-0.3, -0.25) is 4.98 Å². The lowest BCUT2D eigenvalue weighted by atomic mass is 10.1. The van der Waals surface area contributed by atoms with Crippen LogP contribution in [0.25, 0.3) is 11.0 Å². The van der Waals surface area contributed by atoms with Crippen LogP contribution in [-0.2, 0) is 15.9 Å². The second kappa shape index (κ2) is 6.51. The first-order valence-electron chi connectivity index (χ1n) is 7.14. The zero-order chi connectivity index (χ0) is 15.5. The monoisotopic (exact) mass is 307 g/mol. The molecule has 3 rings (SSSR count). The topological polar surface area (TPSA) is 79.5 Å². The van der Waals surface area contributed by atoms with Gasteiger partial charge in [-0.15, -0.1) is 0 Å². The summed E-state index contributed by atoms with van der Waals surface area (Å²) in [5.74, 6) is 0.0399. The number of halogens is 1. The first-order valence-corrected chi connectivity index (χ1v) is 7.14. The van der Waals surface area contributed by atoms with Gasteiger partial charge in [0.05, 0.1) is 43.6 Å². The Balaban J connectivity index is 1.81. The van der Waals surface area contributed by atoms with Gasteiger partial charge >= 0.3 is 0 Å². The lowest BCUT2D eigenvalue weighted by Crippen LogP contribution is -2.41.